The number of hydrogen-bond donors (Lipinski definition) is 2. The standard InChI is InChI=1S/C11H20N4O2/c1-3-9(7-12)6-11(16)13-5-4-10-14-8(2)17-15-10/h9H,3-7,12H2,1-2H3,(H,13,16). The molecule has 0 saturated carbocycles. The zero-order valence-corrected chi connectivity index (χ0v) is 10.4. The summed E-state index contributed by atoms with van der Waals surface area (Å²) in [5.41, 5.74) is 5.54. The fourth-order valence-electron chi connectivity index (χ4n) is 1.49. The third kappa shape index (κ3) is 4.95. The Morgan fingerprint density at radius 1 is 1.59 bits per heavy atom. The van der Waals surface area contributed by atoms with Gasteiger partial charge < -0.3 is 15.6 Å². The van der Waals surface area contributed by atoms with Gasteiger partial charge in [-0.3, -0.25) is 4.79 Å². The summed E-state index contributed by atoms with van der Waals surface area (Å²) >= 11 is 0. The minimum Gasteiger partial charge on any atom is -0.356 e. The molecule has 0 saturated heterocycles. The average Bonchev–Trinajstić information content (AvgIpc) is 2.72. The Kier molecular flexibility index (Phi) is 5.62. The highest BCUT2D eigenvalue weighted by molar-refractivity contribution is 5.76. The SMILES string of the molecule is CCC(CN)CC(=O)NCCc1noc(C)n1. The molecule has 0 aliphatic carbocycles. The maximum Gasteiger partial charge on any atom is 0.223 e. The van der Waals surface area contributed by atoms with Gasteiger partial charge in [-0.1, -0.05) is 18.5 Å². The minimum atomic E-state index is 0.0301. The summed E-state index contributed by atoms with van der Waals surface area (Å²) in [6.45, 7) is 4.85. The van der Waals surface area contributed by atoms with Gasteiger partial charge in [-0.2, -0.15) is 4.98 Å². The molecule has 96 valence electrons. The maximum atomic E-state index is 11.5. The quantitative estimate of drug-likeness (QED) is 0.720. The van der Waals surface area contributed by atoms with Gasteiger partial charge in [0.15, 0.2) is 5.82 Å². The first-order chi connectivity index (χ1) is 8.15. The van der Waals surface area contributed by atoms with Crippen LogP contribution in [0.5, 0.6) is 0 Å². The second-order valence-electron chi connectivity index (χ2n) is 4.04. The second-order valence-corrected chi connectivity index (χ2v) is 4.04. The van der Waals surface area contributed by atoms with Crippen LogP contribution in [0.15, 0.2) is 4.52 Å². The summed E-state index contributed by atoms with van der Waals surface area (Å²) in [5, 5.41) is 6.57. The van der Waals surface area contributed by atoms with Gasteiger partial charge in [-0.15, -0.1) is 0 Å². The topological polar surface area (TPSA) is 94.0 Å². The first kappa shape index (κ1) is 13.6. The van der Waals surface area contributed by atoms with E-state index >= 15 is 0 Å². The van der Waals surface area contributed by atoms with Gasteiger partial charge >= 0.3 is 0 Å². The van der Waals surface area contributed by atoms with E-state index in [2.05, 4.69) is 15.5 Å². The van der Waals surface area contributed by atoms with E-state index in [4.69, 9.17) is 10.3 Å². The number of rotatable bonds is 7. The number of amides is 1. The van der Waals surface area contributed by atoms with Gasteiger partial charge in [-0.25, -0.2) is 0 Å². The summed E-state index contributed by atoms with van der Waals surface area (Å²) in [6, 6.07) is 0. The molecule has 1 heterocycles. The number of carbonyl (C=O) groups excluding carboxylic acids is 1. The smallest absolute Gasteiger partial charge is 0.223 e. The zero-order valence-electron chi connectivity index (χ0n) is 10.4. The van der Waals surface area contributed by atoms with Crippen LogP contribution in [0.4, 0.5) is 0 Å². The zero-order chi connectivity index (χ0) is 12.7. The lowest BCUT2D eigenvalue weighted by atomic mass is 10.0. The van der Waals surface area contributed by atoms with Crippen molar-refractivity contribution >= 4 is 5.91 Å². The van der Waals surface area contributed by atoms with Gasteiger partial charge in [0.1, 0.15) is 0 Å². The van der Waals surface area contributed by atoms with Crippen molar-refractivity contribution in [1.29, 1.82) is 0 Å². The summed E-state index contributed by atoms with van der Waals surface area (Å²) in [5.74, 6) is 1.46. The van der Waals surface area contributed by atoms with Crippen molar-refractivity contribution in [3.05, 3.63) is 11.7 Å². The Labute approximate surface area is 101 Å². The van der Waals surface area contributed by atoms with Gasteiger partial charge in [0.05, 0.1) is 0 Å². The van der Waals surface area contributed by atoms with Crippen LogP contribution < -0.4 is 11.1 Å². The Morgan fingerprint density at radius 2 is 2.35 bits per heavy atom. The van der Waals surface area contributed by atoms with Crippen molar-refractivity contribution in [2.75, 3.05) is 13.1 Å². The molecule has 1 amide bonds. The van der Waals surface area contributed by atoms with E-state index in [1.807, 2.05) is 6.92 Å². The third-order valence-corrected chi connectivity index (χ3v) is 2.63. The Bertz CT molecular complexity index is 347. The summed E-state index contributed by atoms with van der Waals surface area (Å²) in [4.78, 5) is 15.6. The maximum absolute atomic E-state index is 11.5. The van der Waals surface area contributed by atoms with Gasteiger partial charge in [-0.05, 0) is 12.5 Å². The monoisotopic (exact) mass is 240 g/mol. The molecule has 1 atom stereocenters. The molecule has 1 aromatic rings. The predicted molar refractivity (Wildman–Crippen MR) is 63.2 cm³/mol. The third-order valence-electron chi connectivity index (χ3n) is 2.63. The Morgan fingerprint density at radius 3 is 2.88 bits per heavy atom. The van der Waals surface area contributed by atoms with Crippen LogP contribution in [0, 0.1) is 12.8 Å². The molecule has 0 bridgehead atoms. The van der Waals surface area contributed by atoms with Crippen molar-refractivity contribution in [3.8, 4) is 0 Å². The van der Waals surface area contributed by atoms with Crippen LogP contribution in [-0.2, 0) is 11.2 Å². The molecule has 1 rings (SSSR count). The van der Waals surface area contributed by atoms with E-state index < -0.39 is 0 Å². The Hall–Kier alpha value is -1.43. The number of nitrogens with zero attached hydrogens (tertiary/aromatic N) is 2. The minimum absolute atomic E-state index is 0.0301. The number of aryl methyl sites for hydroxylation is 1. The number of carbonyl (C=O) groups is 1. The Balaban J connectivity index is 2.20. The normalized spacial score (nSPS) is 12.4. The van der Waals surface area contributed by atoms with Crippen molar-refractivity contribution in [3.63, 3.8) is 0 Å². The second kappa shape index (κ2) is 7.01. The molecule has 6 heteroatoms. The number of hydrogen-bond acceptors (Lipinski definition) is 5. The molecule has 3 N–H and O–H groups in total. The van der Waals surface area contributed by atoms with Gasteiger partial charge in [0.2, 0.25) is 11.8 Å². The fourth-order valence-corrected chi connectivity index (χ4v) is 1.49. The van der Waals surface area contributed by atoms with Crippen LogP contribution in [0.25, 0.3) is 0 Å². The molecule has 0 aromatic carbocycles. The molecule has 0 aliphatic heterocycles. The molecule has 0 fully saturated rings. The van der Waals surface area contributed by atoms with Crippen molar-refractivity contribution < 1.29 is 9.32 Å². The van der Waals surface area contributed by atoms with E-state index in [-0.39, 0.29) is 11.8 Å². The van der Waals surface area contributed by atoms with E-state index in [9.17, 15) is 4.79 Å². The number of nitrogens with two attached hydrogens (primary N) is 1. The van der Waals surface area contributed by atoms with E-state index in [0.717, 1.165) is 6.42 Å². The van der Waals surface area contributed by atoms with Crippen LogP contribution in [0.2, 0.25) is 0 Å². The van der Waals surface area contributed by atoms with Gasteiger partial charge in [0, 0.05) is 26.3 Å². The predicted octanol–water partition coefficient (Wildman–Crippen LogP) is 0.412. The molecule has 0 radical (unpaired) electrons. The van der Waals surface area contributed by atoms with Crippen molar-refractivity contribution in [2.24, 2.45) is 11.7 Å². The number of aromatic nitrogens is 2. The number of nitrogens with one attached hydrogen (secondary N) is 1. The lowest BCUT2D eigenvalue weighted by Crippen LogP contribution is -2.29. The highest BCUT2D eigenvalue weighted by atomic mass is 16.5. The molecule has 1 aromatic heterocycles. The summed E-state index contributed by atoms with van der Waals surface area (Å²) in [7, 11) is 0. The molecular formula is C11H20N4O2. The highest BCUT2D eigenvalue weighted by Crippen LogP contribution is 2.05. The molecule has 1 unspecified atom stereocenters. The fraction of sp³-hybridized carbons (Fsp3) is 0.727. The molecule has 6 nitrogen and oxygen atoms in total. The van der Waals surface area contributed by atoms with E-state index in [0.29, 0.717) is 37.6 Å². The van der Waals surface area contributed by atoms with Crippen LogP contribution in [-0.4, -0.2) is 29.1 Å². The van der Waals surface area contributed by atoms with Gasteiger partial charge in [0.25, 0.3) is 0 Å². The summed E-state index contributed by atoms with van der Waals surface area (Å²) < 4.78 is 4.83. The first-order valence-electron chi connectivity index (χ1n) is 5.91. The first-order valence-corrected chi connectivity index (χ1v) is 5.91. The van der Waals surface area contributed by atoms with Crippen LogP contribution >= 0.6 is 0 Å². The lowest BCUT2D eigenvalue weighted by molar-refractivity contribution is -0.121. The van der Waals surface area contributed by atoms with Crippen molar-refractivity contribution in [1.82, 2.24) is 15.5 Å². The molecular weight excluding hydrogens is 220 g/mol. The van der Waals surface area contributed by atoms with Crippen molar-refractivity contribution in [2.45, 2.75) is 33.1 Å². The van der Waals surface area contributed by atoms with Crippen LogP contribution in [0.1, 0.15) is 31.5 Å². The van der Waals surface area contributed by atoms with Crippen LogP contribution in [0.3, 0.4) is 0 Å². The largest absolute Gasteiger partial charge is 0.356 e. The molecule has 0 spiro atoms. The van der Waals surface area contributed by atoms with E-state index in [1.54, 1.807) is 6.92 Å². The molecule has 17 heavy (non-hydrogen) atoms. The summed E-state index contributed by atoms with van der Waals surface area (Å²) in [6.07, 6.45) is 1.99. The highest BCUT2D eigenvalue weighted by Gasteiger charge is 2.10. The molecule has 0 aliphatic rings. The van der Waals surface area contributed by atoms with E-state index in [1.165, 1.54) is 0 Å². The average molecular weight is 240 g/mol. The lowest BCUT2D eigenvalue weighted by Gasteiger charge is -2.11.